The van der Waals surface area contributed by atoms with E-state index in [1.54, 1.807) is 33.3 Å². The van der Waals surface area contributed by atoms with Crippen LogP contribution in [-0.2, 0) is 4.74 Å². The molecular weight excluding hydrogens is 292 g/mol. The summed E-state index contributed by atoms with van der Waals surface area (Å²) >= 11 is 0. The number of rotatable bonds is 6. The zero-order chi connectivity index (χ0) is 16.7. The molecule has 2 aromatic rings. The minimum atomic E-state index is -0.303. The SMILES string of the molecule is CCOC(=O)c1ccc(/C=C/c2ccc(OC)c(OC)c2)cc1. The highest BCUT2D eigenvalue weighted by Crippen LogP contribution is 2.28. The van der Waals surface area contributed by atoms with Gasteiger partial charge >= 0.3 is 5.97 Å². The Morgan fingerprint density at radius 2 is 1.52 bits per heavy atom. The molecule has 0 aliphatic heterocycles. The van der Waals surface area contributed by atoms with Crippen molar-refractivity contribution in [3.8, 4) is 11.5 Å². The van der Waals surface area contributed by atoms with E-state index in [-0.39, 0.29) is 5.97 Å². The maximum atomic E-state index is 11.6. The van der Waals surface area contributed by atoms with Crippen LogP contribution in [0, 0.1) is 0 Å². The Morgan fingerprint density at radius 1 is 0.913 bits per heavy atom. The number of carbonyl (C=O) groups is 1. The molecule has 0 heterocycles. The van der Waals surface area contributed by atoms with E-state index < -0.39 is 0 Å². The monoisotopic (exact) mass is 312 g/mol. The molecule has 2 rings (SSSR count). The van der Waals surface area contributed by atoms with Crippen LogP contribution in [0.15, 0.2) is 42.5 Å². The molecule has 2 aromatic carbocycles. The molecule has 0 spiro atoms. The van der Waals surface area contributed by atoms with Gasteiger partial charge in [0.1, 0.15) is 0 Å². The molecule has 0 aliphatic rings. The molecule has 0 N–H and O–H groups in total. The lowest BCUT2D eigenvalue weighted by Gasteiger charge is -2.07. The Hall–Kier alpha value is -2.75. The maximum absolute atomic E-state index is 11.6. The topological polar surface area (TPSA) is 44.8 Å². The molecule has 0 radical (unpaired) electrons. The fourth-order valence-corrected chi connectivity index (χ4v) is 2.09. The van der Waals surface area contributed by atoms with Gasteiger partial charge in [0.05, 0.1) is 26.4 Å². The molecule has 0 atom stereocenters. The average Bonchev–Trinajstić information content (AvgIpc) is 2.60. The van der Waals surface area contributed by atoms with Crippen molar-refractivity contribution in [2.45, 2.75) is 6.92 Å². The summed E-state index contributed by atoms with van der Waals surface area (Å²) in [5, 5.41) is 0. The van der Waals surface area contributed by atoms with Crippen LogP contribution in [0.5, 0.6) is 11.5 Å². The number of ether oxygens (including phenoxy) is 3. The van der Waals surface area contributed by atoms with Gasteiger partial charge in [0.25, 0.3) is 0 Å². The van der Waals surface area contributed by atoms with Crippen LogP contribution >= 0.6 is 0 Å². The highest BCUT2D eigenvalue weighted by atomic mass is 16.5. The van der Waals surface area contributed by atoms with Crippen molar-refractivity contribution in [3.63, 3.8) is 0 Å². The second-order valence-electron chi connectivity index (χ2n) is 4.79. The van der Waals surface area contributed by atoms with Gasteiger partial charge < -0.3 is 14.2 Å². The first-order chi connectivity index (χ1) is 11.2. The van der Waals surface area contributed by atoms with E-state index in [1.165, 1.54) is 0 Å². The molecule has 0 unspecified atom stereocenters. The van der Waals surface area contributed by atoms with Crippen LogP contribution in [0.25, 0.3) is 12.2 Å². The minimum absolute atomic E-state index is 0.303. The molecule has 120 valence electrons. The number of hydrogen-bond donors (Lipinski definition) is 0. The van der Waals surface area contributed by atoms with Gasteiger partial charge in [-0.3, -0.25) is 0 Å². The predicted molar refractivity (Wildman–Crippen MR) is 90.9 cm³/mol. The zero-order valence-corrected chi connectivity index (χ0v) is 13.5. The molecule has 0 bridgehead atoms. The summed E-state index contributed by atoms with van der Waals surface area (Å²) in [6.45, 7) is 2.16. The quantitative estimate of drug-likeness (QED) is 0.596. The van der Waals surface area contributed by atoms with Crippen molar-refractivity contribution in [2.24, 2.45) is 0 Å². The van der Waals surface area contributed by atoms with Gasteiger partial charge in [0.15, 0.2) is 11.5 Å². The molecule has 4 nitrogen and oxygen atoms in total. The van der Waals surface area contributed by atoms with E-state index in [0.717, 1.165) is 11.1 Å². The van der Waals surface area contributed by atoms with Crippen molar-refractivity contribution >= 4 is 18.1 Å². The number of methoxy groups -OCH3 is 2. The van der Waals surface area contributed by atoms with Crippen LogP contribution < -0.4 is 9.47 Å². The first-order valence-electron chi connectivity index (χ1n) is 7.35. The fourth-order valence-electron chi connectivity index (χ4n) is 2.09. The van der Waals surface area contributed by atoms with Crippen molar-refractivity contribution in [3.05, 3.63) is 59.2 Å². The predicted octanol–water partition coefficient (Wildman–Crippen LogP) is 4.05. The maximum Gasteiger partial charge on any atom is 0.338 e. The summed E-state index contributed by atoms with van der Waals surface area (Å²) in [4.78, 5) is 11.6. The van der Waals surface area contributed by atoms with Gasteiger partial charge in [-0.15, -0.1) is 0 Å². The van der Waals surface area contributed by atoms with Gasteiger partial charge in [0, 0.05) is 0 Å². The summed E-state index contributed by atoms with van der Waals surface area (Å²) < 4.78 is 15.5. The van der Waals surface area contributed by atoms with Crippen LogP contribution in [-0.4, -0.2) is 26.8 Å². The average molecular weight is 312 g/mol. The van der Waals surface area contributed by atoms with Crippen LogP contribution in [0.2, 0.25) is 0 Å². The Balaban J connectivity index is 2.12. The largest absolute Gasteiger partial charge is 0.493 e. The number of benzene rings is 2. The van der Waals surface area contributed by atoms with Gasteiger partial charge in [-0.05, 0) is 42.3 Å². The highest BCUT2D eigenvalue weighted by molar-refractivity contribution is 5.89. The van der Waals surface area contributed by atoms with Crippen molar-refractivity contribution in [1.29, 1.82) is 0 Å². The first-order valence-corrected chi connectivity index (χ1v) is 7.35. The van der Waals surface area contributed by atoms with E-state index in [2.05, 4.69) is 0 Å². The van der Waals surface area contributed by atoms with Gasteiger partial charge in [0.2, 0.25) is 0 Å². The Bertz CT molecular complexity index is 687. The summed E-state index contributed by atoms with van der Waals surface area (Å²) in [6.07, 6.45) is 3.94. The molecule has 4 heteroatoms. The van der Waals surface area contributed by atoms with Crippen molar-refractivity contribution in [1.82, 2.24) is 0 Å². The molecule has 0 saturated carbocycles. The summed E-state index contributed by atoms with van der Waals surface area (Å²) in [5.74, 6) is 1.08. The normalized spacial score (nSPS) is 10.6. The van der Waals surface area contributed by atoms with Crippen LogP contribution in [0.4, 0.5) is 0 Å². The summed E-state index contributed by atoms with van der Waals surface area (Å²) in [5.41, 5.74) is 2.54. The number of carbonyl (C=O) groups excluding carboxylic acids is 1. The molecule has 0 saturated heterocycles. The van der Waals surface area contributed by atoms with Crippen molar-refractivity contribution in [2.75, 3.05) is 20.8 Å². The molecule has 0 aliphatic carbocycles. The summed E-state index contributed by atoms with van der Waals surface area (Å²) in [6, 6.07) is 13.0. The Kier molecular flexibility index (Phi) is 5.80. The van der Waals surface area contributed by atoms with E-state index in [1.807, 2.05) is 42.5 Å². The molecule has 23 heavy (non-hydrogen) atoms. The molecular formula is C19H20O4. The van der Waals surface area contributed by atoms with Crippen molar-refractivity contribution < 1.29 is 19.0 Å². The minimum Gasteiger partial charge on any atom is -0.493 e. The lowest BCUT2D eigenvalue weighted by Crippen LogP contribution is -2.03. The molecule has 0 amide bonds. The summed E-state index contributed by atoms with van der Waals surface area (Å²) in [7, 11) is 3.22. The third-order valence-electron chi connectivity index (χ3n) is 3.30. The third-order valence-corrected chi connectivity index (χ3v) is 3.30. The Labute approximate surface area is 136 Å². The van der Waals surface area contributed by atoms with Crippen LogP contribution in [0.3, 0.4) is 0 Å². The third kappa shape index (κ3) is 4.36. The van der Waals surface area contributed by atoms with Gasteiger partial charge in [-0.2, -0.15) is 0 Å². The van der Waals surface area contributed by atoms with E-state index >= 15 is 0 Å². The lowest BCUT2D eigenvalue weighted by molar-refractivity contribution is 0.0526. The smallest absolute Gasteiger partial charge is 0.338 e. The van der Waals surface area contributed by atoms with E-state index in [0.29, 0.717) is 23.7 Å². The lowest BCUT2D eigenvalue weighted by atomic mass is 10.1. The molecule has 0 aromatic heterocycles. The second-order valence-corrected chi connectivity index (χ2v) is 4.79. The van der Waals surface area contributed by atoms with Crippen LogP contribution in [0.1, 0.15) is 28.4 Å². The highest BCUT2D eigenvalue weighted by Gasteiger charge is 2.05. The Morgan fingerprint density at radius 3 is 2.13 bits per heavy atom. The van der Waals surface area contributed by atoms with Gasteiger partial charge in [-0.25, -0.2) is 4.79 Å². The zero-order valence-electron chi connectivity index (χ0n) is 13.5. The first kappa shape index (κ1) is 16.6. The second kappa shape index (κ2) is 8.03. The van der Waals surface area contributed by atoms with Gasteiger partial charge in [-0.1, -0.05) is 30.4 Å². The fraction of sp³-hybridized carbons (Fsp3) is 0.211. The standard InChI is InChI=1S/C19H20O4/c1-4-23-19(20)16-10-7-14(8-11-16)5-6-15-9-12-17(21-2)18(13-15)22-3/h5-13H,4H2,1-3H3/b6-5+. The molecule has 0 fully saturated rings. The number of hydrogen-bond acceptors (Lipinski definition) is 4. The van der Waals surface area contributed by atoms with E-state index in [4.69, 9.17) is 14.2 Å². The number of esters is 1. The van der Waals surface area contributed by atoms with E-state index in [9.17, 15) is 4.79 Å².